The van der Waals surface area contributed by atoms with Crippen molar-refractivity contribution in [3.63, 3.8) is 0 Å². The van der Waals surface area contributed by atoms with Gasteiger partial charge in [0, 0.05) is 32.7 Å². The molecule has 1 atom stereocenters. The number of carbonyl (C=O) groups is 1. The quantitative estimate of drug-likeness (QED) is 0.560. The first-order valence-electron chi connectivity index (χ1n) is 5.69. The van der Waals surface area contributed by atoms with Crippen LogP contribution in [0.3, 0.4) is 0 Å². The summed E-state index contributed by atoms with van der Waals surface area (Å²) in [5, 5.41) is 6.07. The van der Waals surface area contributed by atoms with Gasteiger partial charge in [0.05, 0.1) is 6.61 Å². The minimum atomic E-state index is 0.133. The summed E-state index contributed by atoms with van der Waals surface area (Å²) in [6, 6.07) is 0. The van der Waals surface area contributed by atoms with Crippen molar-refractivity contribution in [1.82, 2.24) is 10.6 Å². The van der Waals surface area contributed by atoms with E-state index in [1.165, 1.54) is 0 Å². The topological polar surface area (TPSA) is 50.4 Å². The van der Waals surface area contributed by atoms with Crippen LogP contribution in [0.1, 0.15) is 26.7 Å². The van der Waals surface area contributed by atoms with E-state index in [2.05, 4.69) is 17.6 Å². The molecule has 0 heterocycles. The number of hydrogen-bond donors (Lipinski definition) is 2. The predicted octanol–water partition coefficient (Wildman–Crippen LogP) is 0.775. The van der Waals surface area contributed by atoms with Crippen molar-refractivity contribution in [3.8, 4) is 0 Å². The van der Waals surface area contributed by atoms with Crippen molar-refractivity contribution in [2.45, 2.75) is 26.7 Å². The molecular formula is C11H24N2O2. The van der Waals surface area contributed by atoms with Crippen molar-refractivity contribution >= 4 is 5.91 Å². The standard InChI is InChI=1S/C11H24N2O2/c1-4-5-10(2)11(14)13-7-6-12-8-9-15-3/h10,12H,4-9H2,1-3H3,(H,13,14). The molecule has 90 valence electrons. The van der Waals surface area contributed by atoms with E-state index in [1.807, 2.05) is 6.92 Å². The maximum atomic E-state index is 11.5. The lowest BCUT2D eigenvalue weighted by atomic mass is 10.1. The average Bonchev–Trinajstić information content (AvgIpc) is 2.23. The third-order valence-corrected chi connectivity index (χ3v) is 2.25. The van der Waals surface area contributed by atoms with Crippen LogP contribution in [0.4, 0.5) is 0 Å². The van der Waals surface area contributed by atoms with Gasteiger partial charge in [0.1, 0.15) is 0 Å². The molecule has 0 saturated carbocycles. The van der Waals surface area contributed by atoms with Crippen LogP contribution >= 0.6 is 0 Å². The van der Waals surface area contributed by atoms with Gasteiger partial charge in [-0.3, -0.25) is 4.79 Å². The number of rotatable bonds is 9. The fourth-order valence-electron chi connectivity index (χ4n) is 1.31. The molecule has 4 heteroatoms. The lowest BCUT2D eigenvalue weighted by Crippen LogP contribution is -2.35. The SMILES string of the molecule is CCCC(C)C(=O)NCCNCCOC. The number of carbonyl (C=O) groups excluding carboxylic acids is 1. The lowest BCUT2D eigenvalue weighted by Gasteiger charge is -2.11. The number of hydrogen-bond acceptors (Lipinski definition) is 3. The Bertz CT molecular complexity index is 163. The summed E-state index contributed by atoms with van der Waals surface area (Å²) in [7, 11) is 1.68. The number of methoxy groups -OCH3 is 1. The van der Waals surface area contributed by atoms with E-state index in [1.54, 1.807) is 7.11 Å². The first-order chi connectivity index (χ1) is 7.22. The molecule has 0 bridgehead atoms. The molecule has 0 spiro atoms. The van der Waals surface area contributed by atoms with Gasteiger partial charge in [-0.15, -0.1) is 0 Å². The molecule has 0 aromatic heterocycles. The van der Waals surface area contributed by atoms with Gasteiger partial charge >= 0.3 is 0 Å². The summed E-state index contributed by atoms with van der Waals surface area (Å²) >= 11 is 0. The van der Waals surface area contributed by atoms with Crippen LogP contribution in [0.5, 0.6) is 0 Å². The zero-order valence-corrected chi connectivity index (χ0v) is 10.1. The molecule has 1 amide bonds. The molecule has 0 aromatic carbocycles. The van der Waals surface area contributed by atoms with Crippen LogP contribution < -0.4 is 10.6 Å². The van der Waals surface area contributed by atoms with Crippen molar-refractivity contribution in [1.29, 1.82) is 0 Å². The third kappa shape index (κ3) is 8.39. The van der Waals surface area contributed by atoms with E-state index < -0.39 is 0 Å². The number of nitrogens with one attached hydrogen (secondary N) is 2. The van der Waals surface area contributed by atoms with Gasteiger partial charge in [-0.05, 0) is 6.42 Å². The van der Waals surface area contributed by atoms with E-state index in [4.69, 9.17) is 4.74 Å². The van der Waals surface area contributed by atoms with Crippen molar-refractivity contribution < 1.29 is 9.53 Å². The van der Waals surface area contributed by atoms with Crippen molar-refractivity contribution in [3.05, 3.63) is 0 Å². The average molecular weight is 216 g/mol. The first-order valence-corrected chi connectivity index (χ1v) is 5.69. The summed E-state index contributed by atoms with van der Waals surface area (Å²) in [5.41, 5.74) is 0. The van der Waals surface area contributed by atoms with Crippen LogP contribution in [0.2, 0.25) is 0 Å². The Hall–Kier alpha value is -0.610. The molecule has 0 aromatic rings. The second-order valence-electron chi connectivity index (χ2n) is 3.72. The zero-order chi connectivity index (χ0) is 11.5. The highest BCUT2D eigenvalue weighted by Crippen LogP contribution is 2.03. The molecule has 0 saturated heterocycles. The first kappa shape index (κ1) is 14.4. The minimum Gasteiger partial charge on any atom is -0.383 e. The second-order valence-corrected chi connectivity index (χ2v) is 3.72. The molecule has 15 heavy (non-hydrogen) atoms. The monoisotopic (exact) mass is 216 g/mol. The summed E-state index contributed by atoms with van der Waals surface area (Å²) in [5.74, 6) is 0.291. The van der Waals surface area contributed by atoms with Gasteiger partial charge in [0.15, 0.2) is 0 Å². The van der Waals surface area contributed by atoms with Crippen molar-refractivity contribution in [2.24, 2.45) is 5.92 Å². The van der Waals surface area contributed by atoms with Gasteiger partial charge in [-0.2, -0.15) is 0 Å². The van der Waals surface area contributed by atoms with Crippen LogP contribution in [0, 0.1) is 5.92 Å². The largest absolute Gasteiger partial charge is 0.383 e. The highest BCUT2D eigenvalue weighted by molar-refractivity contribution is 5.78. The molecule has 0 rings (SSSR count). The molecule has 4 nitrogen and oxygen atoms in total. The molecule has 2 N–H and O–H groups in total. The predicted molar refractivity (Wildman–Crippen MR) is 61.8 cm³/mol. The van der Waals surface area contributed by atoms with E-state index in [0.29, 0.717) is 13.2 Å². The van der Waals surface area contributed by atoms with E-state index >= 15 is 0 Å². The van der Waals surface area contributed by atoms with E-state index in [9.17, 15) is 4.79 Å². The summed E-state index contributed by atoms with van der Waals surface area (Å²) in [4.78, 5) is 11.5. The maximum absolute atomic E-state index is 11.5. The molecule has 0 aliphatic heterocycles. The fourth-order valence-corrected chi connectivity index (χ4v) is 1.31. The maximum Gasteiger partial charge on any atom is 0.222 e. The van der Waals surface area contributed by atoms with Gasteiger partial charge in [0.25, 0.3) is 0 Å². The zero-order valence-electron chi connectivity index (χ0n) is 10.1. The Labute approximate surface area is 92.8 Å². The molecule has 1 unspecified atom stereocenters. The van der Waals surface area contributed by atoms with Gasteiger partial charge in [0.2, 0.25) is 5.91 Å². The summed E-state index contributed by atoms with van der Waals surface area (Å²) in [6.45, 7) is 7.09. The fraction of sp³-hybridized carbons (Fsp3) is 0.909. The Morgan fingerprint density at radius 3 is 2.67 bits per heavy atom. The van der Waals surface area contributed by atoms with Crippen LogP contribution in [0.25, 0.3) is 0 Å². The highest BCUT2D eigenvalue weighted by Gasteiger charge is 2.09. The Balaban J connectivity index is 3.30. The third-order valence-electron chi connectivity index (χ3n) is 2.25. The Morgan fingerprint density at radius 1 is 1.33 bits per heavy atom. The Kier molecular flexibility index (Phi) is 9.52. The summed E-state index contributed by atoms with van der Waals surface area (Å²) < 4.78 is 4.89. The van der Waals surface area contributed by atoms with Crippen LogP contribution in [0.15, 0.2) is 0 Å². The smallest absolute Gasteiger partial charge is 0.222 e. The van der Waals surface area contributed by atoms with Crippen molar-refractivity contribution in [2.75, 3.05) is 33.4 Å². The number of amides is 1. The molecule has 0 aliphatic carbocycles. The molecular weight excluding hydrogens is 192 g/mol. The summed E-state index contributed by atoms with van der Waals surface area (Å²) in [6.07, 6.45) is 2.02. The van der Waals surface area contributed by atoms with Gasteiger partial charge < -0.3 is 15.4 Å². The van der Waals surface area contributed by atoms with Crippen LogP contribution in [-0.2, 0) is 9.53 Å². The van der Waals surface area contributed by atoms with E-state index in [0.717, 1.165) is 25.9 Å². The van der Waals surface area contributed by atoms with Gasteiger partial charge in [-0.1, -0.05) is 20.3 Å². The minimum absolute atomic E-state index is 0.133. The van der Waals surface area contributed by atoms with Crippen LogP contribution in [-0.4, -0.2) is 39.3 Å². The van der Waals surface area contributed by atoms with E-state index in [-0.39, 0.29) is 11.8 Å². The Morgan fingerprint density at radius 2 is 2.07 bits per heavy atom. The molecule has 0 aliphatic rings. The molecule has 0 radical (unpaired) electrons. The normalized spacial score (nSPS) is 12.5. The number of ether oxygens (including phenoxy) is 1. The molecule has 0 fully saturated rings. The second kappa shape index (κ2) is 9.93. The lowest BCUT2D eigenvalue weighted by molar-refractivity contribution is -0.124. The van der Waals surface area contributed by atoms with Gasteiger partial charge in [-0.25, -0.2) is 0 Å². The highest BCUT2D eigenvalue weighted by atomic mass is 16.5.